The Kier molecular flexibility index (Phi) is 6.15. The lowest BCUT2D eigenvalue weighted by Crippen LogP contribution is -2.50. The first-order valence-corrected chi connectivity index (χ1v) is 12.0. The van der Waals surface area contributed by atoms with Crippen LogP contribution in [0.2, 0.25) is 0 Å². The second-order valence-corrected chi connectivity index (χ2v) is 9.41. The largest absolute Gasteiger partial charge is 0.353 e. The third-order valence-electron chi connectivity index (χ3n) is 7.13. The monoisotopic (exact) mass is 449 g/mol. The molecule has 1 aromatic carbocycles. The molecule has 0 spiro atoms. The average Bonchev–Trinajstić information content (AvgIpc) is 3.47. The highest BCUT2D eigenvalue weighted by Gasteiger charge is 2.34. The summed E-state index contributed by atoms with van der Waals surface area (Å²) in [4.78, 5) is 41.8. The van der Waals surface area contributed by atoms with Crippen LogP contribution in [0.1, 0.15) is 59.4 Å². The SMILES string of the molecule is O=C1CN(C(=O)c2nn(Cc3ccccc3)c3c2CN(C(=O)CC2CCCC2)CC3)CCN1. The van der Waals surface area contributed by atoms with Gasteiger partial charge in [0.15, 0.2) is 5.69 Å². The molecule has 2 fully saturated rings. The first-order valence-electron chi connectivity index (χ1n) is 12.0. The van der Waals surface area contributed by atoms with Gasteiger partial charge in [0.25, 0.3) is 5.91 Å². The summed E-state index contributed by atoms with van der Waals surface area (Å²) in [6.45, 7) is 2.60. The van der Waals surface area contributed by atoms with Gasteiger partial charge in [-0.2, -0.15) is 5.10 Å². The van der Waals surface area contributed by atoms with E-state index < -0.39 is 0 Å². The molecule has 1 saturated heterocycles. The van der Waals surface area contributed by atoms with Crippen molar-refractivity contribution in [1.82, 2.24) is 24.9 Å². The standard InChI is InChI=1S/C25H31N5O3/c31-22-17-29(13-11-26-22)25(33)24-20-16-28(23(32)14-18-6-4-5-7-18)12-10-21(20)30(27-24)15-19-8-2-1-3-9-19/h1-3,8-9,18H,4-7,10-17H2,(H,26,31). The van der Waals surface area contributed by atoms with E-state index in [9.17, 15) is 14.4 Å². The van der Waals surface area contributed by atoms with Crippen LogP contribution in [-0.4, -0.2) is 63.5 Å². The van der Waals surface area contributed by atoms with Gasteiger partial charge < -0.3 is 15.1 Å². The number of aromatic nitrogens is 2. The summed E-state index contributed by atoms with van der Waals surface area (Å²) in [5, 5.41) is 7.50. The van der Waals surface area contributed by atoms with Gasteiger partial charge in [0, 0.05) is 50.3 Å². The van der Waals surface area contributed by atoms with E-state index in [2.05, 4.69) is 5.32 Å². The Morgan fingerprint density at radius 2 is 1.82 bits per heavy atom. The molecule has 0 unspecified atom stereocenters. The third kappa shape index (κ3) is 4.65. The summed E-state index contributed by atoms with van der Waals surface area (Å²) in [7, 11) is 0. The first kappa shape index (κ1) is 21.7. The van der Waals surface area contributed by atoms with Crippen LogP contribution < -0.4 is 5.32 Å². The van der Waals surface area contributed by atoms with Gasteiger partial charge in [-0.05, 0) is 24.3 Å². The highest BCUT2D eigenvalue weighted by atomic mass is 16.2. The number of benzene rings is 1. The van der Waals surface area contributed by atoms with E-state index in [-0.39, 0.29) is 24.3 Å². The van der Waals surface area contributed by atoms with Gasteiger partial charge in [0.2, 0.25) is 11.8 Å². The predicted molar refractivity (Wildman–Crippen MR) is 122 cm³/mol. The maximum Gasteiger partial charge on any atom is 0.275 e. The lowest BCUT2D eigenvalue weighted by molar-refractivity contribution is -0.133. The van der Waals surface area contributed by atoms with Gasteiger partial charge in [-0.25, -0.2) is 0 Å². The van der Waals surface area contributed by atoms with Crippen LogP contribution in [0.4, 0.5) is 0 Å². The summed E-state index contributed by atoms with van der Waals surface area (Å²) < 4.78 is 1.92. The van der Waals surface area contributed by atoms with Gasteiger partial charge in [-0.3, -0.25) is 19.1 Å². The summed E-state index contributed by atoms with van der Waals surface area (Å²) in [6.07, 6.45) is 6.00. The number of nitrogens with zero attached hydrogens (tertiary/aromatic N) is 4. The van der Waals surface area contributed by atoms with Crippen molar-refractivity contribution >= 4 is 17.7 Å². The predicted octanol–water partition coefficient (Wildman–Crippen LogP) is 1.97. The van der Waals surface area contributed by atoms with Crippen LogP contribution in [-0.2, 0) is 29.1 Å². The molecular formula is C25H31N5O3. The van der Waals surface area contributed by atoms with Crippen LogP contribution in [0.5, 0.6) is 0 Å². The lowest BCUT2D eigenvalue weighted by Gasteiger charge is -2.30. The van der Waals surface area contributed by atoms with E-state index >= 15 is 0 Å². The number of fused-ring (bicyclic) bond motifs is 1. The fourth-order valence-electron chi connectivity index (χ4n) is 5.31. The highest BCUT2D eigenvalue weighted by molar-refractivity contribution is 5.97. The molecule has 0 bridgehead atoms. The Balaban J connectivity index is 1.42. The Bertz CT molecular complexity index is 1040. The molecular weight excluding hydrogens is 418 g/mol. The molecule has 3 amide bonds. The van der Waals surface area contributed by atoms with Crippen molar-refractivity contribution in [3.63, 3.8) is 0 Å². The number of piperazine rings is 1. The minimum Gasteiger partial charge on any atom is -0.353 e. The third-order valence-corrected chi connectivity index (χ3v) is 7.13. The number of amides is 3. The Morgan fingerprint density at radius 3 is 2.58 bits per heavy atom. The van der Waals surface area contributed by atoms with E-state index in [4.69, 9.17) is 5.10 Å². The van der Waals surface area contributed by atoms with Crippen molar-refractivity contribution in [2.24, 2.45) is 5.92 Å². The number of nitrogens with one attached hydrogen (secondary N) is 1. The minimum absolute atomic E-state index is 0.0451. The molecule has 1 N–H and O–H groups in total. The number of rotatable bonds is 5. The first-order chi connectivity index (χ1) is 16.1. The molecule has 1 aromatic heterocycles. The fraction of sp³-hybridized carbons (Fsp3) is 0.520. The molecule has 1 aliphatic carbocycles. The lowest BCUT2D eigenvalue weighted by atomic mass is 10.00. The van der Waals surface area contributed by atoms with Crippen molar-refractivity contribution in [3.05, 3.63) is 52.8 Å². The number of carbonyl (C=O) groups excluding carboxylic acids is 3. The van der Waals surface area contributed by atoms with Crippen molar-refractivity contribution in [2.45, 2.75) is 51.6 Å². The molecule has 33 heavy (non-hydrogen) atoms. The molecule has 2 aliphatic heterocycles. The smallest absolute Gasteiger partial charge is 0.275 e. The average molecular weight is 450 g/mol. The molecule has 8 nitrogen and oxygen atoms in total. The molecule has 2 aromatic rings. The maximum absolute atomic E-state index is 13.4. The Labute approximate surface area is 193 Å². The van der Waals surface area contributed by atoms with E-state index in [0.29, 0.717) is 57.2 Å². The number of hydrogen-bond donors (Lipinski definition) is 1. The van der Waals surface area contributed by atoms with Crippen LogP contribution in [0, 0.1) is 5.92 Å². The summed E-state index contributed by atoms with van der Waals surface area (Å²) in [5.74, 6) is 0.297. The molecule has 0 radical (unpaired) electrons. The van der Waals surface area contributed by atoms with Crippen molar-refractivity contribution in [1.29, 1.82) is 0 Å². The Morgan fingerprint density at radius 1 is 1.03 bits per heavy atom. The fourth-order valence-corrected chi connectivity index (χ4v) is 5.31. The zero-order valence-corrected chi connectivity index (χ0v) is 19.0. The van der Waals surface area contributed by atoms with E-state index in [1.54, 1.807) is 4.90 Å². The second-order valence-electron chi connectivity index (χ2n) is 9.41. The molecule has 1 saturated carbocycles. The summed E-state index contributed by atoms with van der Waals surface area (Å²) >= 11 is 0. The van der Waals surface area contributed by atoms with E-state index in [1.165, 1.54) is 12.8 Å². The van der Waals surface area contributed by atoms with Gasteiger partial charge in [-0.15, -0.1) is 0 Å². The number of carbonyl (C=O) groups is 3. The maximum atomic E-state index is 13.4. The van der Waals surface area contributed by atoms with E-state index in [0.717, 1.165) is 29.7 Å². The normalized spacial score (nSPS) is 18.8. The molecule has 3 aliphatic rings. The minimum atomic E-state index is -0.224. The molecule has 5 rings (SSSR count). The van der Waals surface area contributed by atoms with Gasteiger partial charge >= 0.3 is 0 Å². The molecule has 174 valence electrons. The van der Waals surface area contributed by atoms with Gasteiger partial charge in [-0.1, -0.05) is 43.2 Å². The quantitative estimate of drug-likeness (QED) is 0.756. The molecule has 8 heteroatoms. The highest BCUT2D eigenvalue weighted by Crippen LogP contribution is 2.30. The van der Waals surface area contributed by atoms with Crippen LogP contribution in [0.3, 0.4) is 0 Å². The van der Waals surface area contributed by atoms with Crippen LogP contribution in [0.25, 0.3) is 0 Å². The van der Waals surface area contributed by atoms with Crippen molar-refractivity contribution in [3.8, 4) is 0 Å². The Hall–Kier alpha value is -3.16. The van der Waals surface area contributed by atoms with Crippen LogP contribution >= 0.6 is 0 Å². The zero-order valence-electron chi connectivity index (χ0n) is 19.0. The van der Waals surface area contributed by atoms with Crippen LogP contribution in [0.15, 0.2) is 30.3 Å². The van der Waals surface area contributed by atoms with E-state index in [1.807, 2.05) is 39.9 Å². The second kappa shape index (κ2) is 9.37. The molecule has 3 heterocycles. The van der Waals surface area contributed by atoms with Crippen molar-refractivity contribution in [2.75, 3.05) is 26.2 Å². The topological polar surface area (TPSA) is 87.5 Å². The summed E-state index contributed by atoms with van der Waals surface area (Å²) in [6, 6.07) is 10.1. The zero-order chi connectivity index (χ0) is 22.8. The van der Waals surface area contributed by atoms with Crippen molar-refractivity contribution < 1.29 is 14.4 Å². The molecule has 0 atom stereocenters. The summed E-state index contributed by atoms with van der Waals surface area (Å²) in [5.41, 5.74) is 3.36. The van der Waals surface area contributed by atoms with Gasteiger partial charge in [0.05, 0.1) is 13.1 Å². The van der Waals surface area contributed by atoms with Gasteiger partial charge in [0.1, 0.15) is 0 Å². The number of hydrogen-bond acceptors (Lipinski definition) is 4.